The zero-order chi connectivity index (χ0) is 13.7. The molecule has 0 aliphatic heterocycles. The number of pyridine rings is 1. The van der Waals surface area contributed by atoms with Crippen molar-refractivity contribution in [3.63, 3.8) is 0 Å². The number of carbonyl (C=O) groups excluding carboxylic acids is 1. The van der Waals surface area contributed by atoms with Crippen LogP contribution in [0.2, 0.25) is 0 Å². The number of nitrogens with zero attached hydrogens (tertiary/aromatic N) is 1. The third-order valence-corrected chi connectivity index (χ3v) is 2.85. The van der Waals surface area contributed by atoms with E-state index in [0.717, 1.165) is 0 Å². The van der Waals surface area contributed by atoms with Crippen LogP contribution in [0.5, 0.6) is 0 Å². The molecule has 0 spiro atoms. The Kier molecular flexibility index (Phi) is 4.65. The van der Waals surface area contributed by atoms with Crippen LogP contribution in [-0.4, -0.2) is 28.0 Å². The van der Waals surface area contributed by atoms with Crippen LogP contribution >= 0.6 is 0 Å². The van der Waals surface area contributed by atoms with Crippen LogP contribution in [0.3, 0.4) is 0 Å². The molecule has 2 atom stereocenters. The molecule has 4 N–H and O–H groups in total. The fourth-order valence-electron chi connectivity index (χ4n) is 1.51. The van der Waals surface area contributed by atoms with Crippen LogP contribution in [0.15, 0.2) is 18.3 Å². The topological polar surface area (TPSA) is 105 Å². The van der Waals surface area contributed by atoms with Crippen LogP contribution in [0.1, 0.15) is 30.6 Å². The number of carboxylic acids is 1. The summed E-state index contributed by atoms with van der Waals surface area (Å²) in [6, 6.07) is 2.15. The summed E-state index contributed by atoms with van der Waals surface area (Å²) in [7, 11) is 0. The lowest BCUT2D eigenvalue weighted by Crippen LogP contribution is -2.45. The van der Waals surface area contributed by atoms with Crippen molar-refractivity contribution in [2.24, 2.45) is 5.92 Å². The van der Waals surface area contributed by atoms with Gasteiger partial charge in [-0.2, -0.15) is 0 Å². The smallest absolute Gasteiger partial charge is 0.326 e. The van der Waals surface area contributed by atoms with Crippen LogP contribution in [0, 0.1) is 5.92 Å². The first-order valence-electron chi connectivity index (χ1n) is 5.71. The first kappa shape index (κ1) is 14.0. The number of hydrogen-bond donors (Lipinski definition) is 3. The number of carboxylic acid groups (broad SMARTS) is 1. The molecule has 6 heteroatoms. The van der Waals surface area contributed by atoms with Crippen LogP contribution < -0.4 is 11.1 Å². The molecule has 0 aliphatic carbocycles. The van der Waals surface area contributed by atoms with E-state index in [2.05, 4.69) is 10.3 Å². The number of nitrogens with one attached hydrogen (secondary N) is 1. The van der Waals surface area contributed by atoms with Gasteiger partial charge in [0.25, 0.3) is 5.91 Å². The number of amides is 1. The van der Waals surface area contributed by atoms with E-state index in [0.29, 0.717) is 6.42 Å². The number of carbonyl (C=O) groups is 2. The van der Waals surface area contributed by atoms with Gasteiger partial charge in [-0.25, -0.2) is 9.78 Å². The van der Waals surface area contributed by atoms with Gasteiger partial charge in [-0.05, 0) is 18.1 Å². The molecule has 1 heterocycles. The van der Waals surface area contributed by atoms with Crippen molar-refractivity contribution < 1.29 is 14.7 Å². The quantitative estimate of drug-likeness (QED) is 0.720. The molecule has 18 heavy (non-hydrogen) atoms. The van der Waals surface area contributed by atoms with Gasteiger partial charge in [-0.15, -0.1) is 0 Å². The lowest BCUT2D eigenvalue weighted by atomic mass is 9.99. The number of nitrogens with two attached hydrogens (primary N) is 1. The summed E-state index contributed by atoms with van der Waals surface area (Å²) in [5.74, 6) is -1.65. The molecular weight excluding hydrogens is 234 g/mol. The van der Waals surface area contributed by atoms with E-state index >= 15 is 0 Å². The minimum absolute atomic E-state index is 0.0864. The molecule has 0 fully saturated rings. The maximum absolute atomic E-state index is 11.9. The molecule has 6 nitrogen and oxygen atoms in total. The van der Waals surface area contributed by atoms with E-state index in [1.807, 2.05) is 6.92 Å². The maximum atomic E-state index is 11.9. The summed E-state index contributed by atoms with van der Waals surface area (Å²) in [6.45, 7) is 3.64. The van der Waals surface area contributed by atoms with Crippen molar-refractivity contribution in [1.29, 1.82) is 0 Å². The first-order valence-corrected chi connectivity index (χ1v) is 5.71. The number of aliphatic carboxylic acids is 1. The Hall–Kier alpha value is -2.11. The van der Waals surface area contributed by atoms with Gasteiger partial charge in [-0.3, -0.25) is 4.79 Å². The molecule has 0 bridgehead atoms. The molecule has 98 valence electrons. The monoisotopic (exact) mass is 251 g/mol. The first-order chi connectivity index (χ1) is 8.47. The van der Waals surface area contributed by atoms with E-state index in [-0.39, 0.29) is 17.3 Å². The predicted octanol–water partition coefficient (Wildman–Crippen LogP) is 0.893. The van der Waals surface area contributed by atoms with E-state index in [4.69, 9.17) is 10.8 Å². The molecular formula is C12H17N3O3. The second-order valence-electron chi connectivity index (χ2n) is 4.11. The lowest BCUT2D eigenvalue weighted by molar-refractivity contribution is -0.140. The Morgan fingerprint density at radius 1 is 1.56 bits per heavy atom. The summed E-state index contributed by atoms with van der Waals surface area (Å²) >= 11 is 0. The third kappa shape index (κ3) is 3.19. The zero-order valence-electron chi connectivity index (χ0n) is 10.4. The van der Waals surface area contributed by atoms with Gasteiger partial charge in [0.15, 0.2) is 0 Å². The minimum Gasteiger partial charge on any atom is -0.480 e. The summed E-state index contributed by atoms with van der Waals surface area (Å²) in [6.07, 6.45) is 2.12. The summed E-state index contributed by atoms with van der Waals surface area (Å²) in [5.41, 5.74) is 5.75. The number of aromatic nitrogens is 1. The highest BCUT2D eigenvalue weighted by Gasteiger charge is 2.26. The van der Waals surface area contributed by atoms with Crippen LogP contribution in [-0.2, 0) is 4.79 Å². The predicted molar refractivity (Wildman–Crippen MR) is 67.0 cm³/mol. The normalized spacial score (nSPS) is 13.7. The second kappa shape index (κ2) is 6.00. The van der Waals surface area contributed by atoms with Gasteiger partial charge in [0.05, 0.1) is 5.56 Å². The molecule has 0 aliphatic rings. The number of rotatable bonds is 5. The van der Waals surface area contributed by atoms with Crippen LogP contribution in [0.4, 0.5) is 5.82 Å². The molecule has 1 aromatic heterocycles. The summed E-state index contributed by atoms with van der Waals surface area (Å²) in [5, 5.41) is 11.5. The molecule has 0 saturated carbocycles. The highest BCUT2D eigenvalue weighted by molar-refractivity contribution is 6.00. The average molecular weight is 251 g/mol. The van der Waals surface area contributed by atoms with Crippen molar-refractivity contribution >= 4 is 17.7 Å². The number of nitrogen functional groups attached to an aromatic ring is 1. The Morgan fingerprint density at radius 2 is 2.22 bits per heavy atom. The lowest BCUT2D eigenvalue weighted by Gasteiger charge is -2.20. The molecule has 0 radical (unpaired) electrons. The number of hydrogen-bond acceptors (Lipinski definition) is 4. The van der Waals surface area contributed by atoms with Gasteiger partial charge in [0.1, 0.15) is 11.9 Å². The SMILES string of the molecule is CCC(C)C(NC(=O)c1cccnc1N)C(=O)O. The second-order valence-corrected chi connectivity index (χ2v) is 4.11. The molecule has 2 unspecified atom stereocenters. The Morgan fingerprint density at radius 3 is 2.72 bits per heavy atom. The van der Waals surface area contributed by atoms with E-state index in [1.54, 1.807) is 13.0 Å². The van der Waals surface area contributed by atoms with E-state index in [1.165, 1.54) is 12.3 Å². The molecule has 0 aromatic carbocycles. The Balaban J connectivity index is 2.86. The van der Waals surface area contributed by atoms with Gasteiger partial charge >= 0.3 is 5.97 Å². The van der Waals surface area contributed by atoms with Crippen molar-refractivity contribution in [3.05, 3.63) is 23.9 Å². The van der Waals surface area contributed by atoms with Gasteiger partial charge in [0, 0.05) is 6.20 Å². The Bertz CT molecular complexity index is 448. The van der Waals surface area contributed by atoms with Crippen molar-refractivity contribution in [2.75, 3.05) is 5.73 Å². The van der Waals surface area contributed by atoms with Crippen molar-refractivity contribution in [1.82, 2.24) is 10.3 Å². The average Bonchev–Trinajstić information content (AvgIpc) is 2.35. The summed E-state index contributed by atoms with van der Waals surface area (Å²) in [4.78, 5) is 26.8. The zero-order valence-corrected chi connectivity index (χ0v) is 10.4. The highest BCUT2D eigenvalue weighted by Crippen LogP contribution is 2.11. The number of anilines is 1. The van der Waals surface area contributed by atoms with E-state index in [9.17, 15) is 9.59 Å². The van der Waals surface area contributed by atoms with E-state index < -0.39 is 17.9 Å². The molecule has 1 aromatic rings. The molecule has 1 amide bonds. The summed E-state index contributed by atoms with van der Waals surface area (Å²) < 4.78 is 0. The maximum Gasteiger partial charge on any atom is 0.326 e. The largest absolute Gasteiger partial charge is 0.480 e. The highest BCUT2D eigenvalue weighted by atomic mass is 16.4. The van der Waals surface area contributed by atoms with Crippen LogP contribution in [0.25, 0.3) is 0 Å². The molecule has 1 rings (SSSR count). The fourth-order valence-corrected chi connectivity index (χ4v) is 1.51. The van der Waals surface area contributed by atoms with Gasteiger partial charge in [0.2, 0.25) is 0 Å². The minimum atomic E-state index is -1.06. The molecule has 0 saturated heterocycles. The van der Waals surface area contributed by atoms with Crippen molar-refractivity contribution in [2.45, 2.75) is 26.3 Å². The third-order valence-electron chi connectivity index (χ3n) is 2.85. The fraction of sp³-hybridized carbons (Fsp3) is 0.417. The van der Waals surface area contributed by atoms with Gasteiger partial charge in [-0.1, -0.05) is 20.3 Å². The van der Waals surface area contributed by atoms with Crippen molar-refractivity contribution in [3.8, 4) is 0 Å². The Labute approximate surface area is 105 Å². The standard InChI is InChI=1S/C12H17N3O3/c1-3-7(2)9(12(17)18)15-11(16)8-5-4-6-14-10(8)13/h4-7,9H,3H2,1-2H3,(H2,13,14)(H,15,16)(H,17,18). The van der Waals surface area contributed by atoms with Gasteiger partial charge < -0.3 is 16.2 Å².